The van der Waals surface area contributed by atoms with Crippen LogP contribution in [-0.4, -0.2) is 59.9 Å². The van der Waals surface area contributed by atoms with Gasteiger partial charge in [0.15, 0.2) is 11.5 Å². The number of methoxy groups -OCH3 is 2. The van der Waals surface area contributed by atoms with Crippen LogP contribution in [0.5, 0.6) is 11.5 Å². The predicted molar refractivity (Wildman–Crippen MR) is 135 cm³/mol. The standard InChI is InChI=1S/C28H33N3O4/c1-4-5-6-9-15-30-17-24(32)31-22(28(30)33)16-20-18-11-7-8-13-21(18)29-25(20)26(31)19-12-10-14-23(34-2)27(19)35-3/h7-8,10-14,22,26,29H,4-6,9,15-17H2,1-3H3/t22-,26+/m0/s1. The molecule has 2 aromatic carbocycles. The Bertz CT molecular complexity index is 1250. The molecule has 7 nitrogen and oxygen atoms in total. The van der Waals surface area contributed by atoms with Gasteiger partial charge < -0.3 is 24.3 Å². The Morgan fingerprint density at radius 3 is 2.60 bits per heavy atom. The molecule has 5 rings (SSSR count). The maximum absolute atomic E-state index is 13.8. The number of para-hydroxylation sites is 2. The first-order chi connectivity index (χ1) is 17.1. The van der Waals surface area contributed by atoms with E-state index in [1.807, 2.05) is 36.4 Å². The molecule has 0 unspecified atom stereocenters. The van der Waals surface area contributed by atoms with Crippen LogP contribution in [0.2, 0.25) is 0 Å². The fourth-order valence-corrected chi connectivity index (χ4v) is 5.69. The van der Waals surface area contributed by atoms with Crippen LogP contribution in [0.15, 0.2) is 42.5 Å². The summed E-state index contributed by atoms with van der Waals surface area (Å²) in [6.07, 6.45) is 4.76. The highest BCUT2D eigenvalue weighted by molar-refractivity contribution is 5.97. The molecule has 2 aliphatic heterocycles. The third-order valence-electron chi connectivity index (χ3n) is 7.35. The minimum absolute atomic E-state index is 0.0314. The van der Waals surface area contributed by atoms with Crippen LogP contribution in [0.4, 0.5) is 0 Å². The Morgan fingerprint density at radius 2 is 1.83 bits per heavy atom. The third-order valence-corrected chi connectivity index (χ3v) is 7.35. The van der Waals surface area contributed by atoms with Gasteiger partial charge in [0.25, 0.3) is 0 Å². The summed E-state index contributed by atoms with van der Waals surface area (Å²) in [7, 11) is 3.21. The van der Waals surface area contributed by atoms with Gasteiger partial charge >= 0.3 is 0 Å². The molecule has 2 amide bonds. The van der Waals surface area contributed by atoms with Gasteiger partial charge in [-0.15, -0.1) is 0 Å². The topological polar surface area (TPSA) is 74.9 Å². The summed E-state index contributed by atoms with van der Waals surface area (Å²) in [6, 6.07) is 12.8. The fraction of sp³-hybridized carbons (Fsp3) is 0.429. The zero-order chi connectivity index (χ0) is 24.5. The first-order valence-corrected chi connectivity index (χ1v) is 12.5. The van der Waals surface area contributed by atoms with E-state index in [9.17, 15) is 9.59 Å². The van der Waals surface area contributed by atoms with Crippen molar-refractivity contribution >= 4 is 22.7 Å². The molecule has 7 heteroatoms. The van der Waals surface area contributed by atoms with E-state index in [-0.39, 0.29) is 18.4 Å². The molecule has 1 saturated heterocycles. The summed E-state index contributed by atoms with van der Waals surface area (Å²) < 4.78 is 11.3. The van der Waals surface area contributed by atoms with Crippen LogP contribution >= 0.6 is 0 Å². The summed E-state index contributed by atoms with van der Waals surface area (Å²) >= 11 is 0. The van der Waals surface area contributed by atoms with Crippen molar-refractivity contribution in [3.63, 3.8) is 0 Å². The molecular weight excluding hydrogens is 442 g/mol. The van der Waals surface area contributed by atoms with Gasteiger partial charge in [-0.3, -0.25) is 9.59 Å². The lowest BCUT2D eigenvalue weighted by Gasteiger charge is -2.47. The maximum atomic E-state index is 13.8. The SMILES string of the molecule is CCCCCCN1CC(=O)N2[C@H](c3cccc(OC)c3OC)c3[nH]c4ccccc4c3C[C@H]2C1=O. The molecule has 2 atom stereocenters. The average molecular weight is 476 g/mol. The molecule has 0 aliphatic carbocycles. The fourth-order valence-electron chi connectivity index (χ4n) is 5.69. The largest absolute Gasteiger partial charge is 0.493 e. The van der Waals surface area contributed by atoms with Gasteiger partial charge in [0.05, 0.1) is 20.8 Å². The lowest BCUT2D eigenvalue weighted by Crippen LogP contribution is -2.63. The van der Waals surface area contributed by atoms with Crippen molar-refractivity contribution in [2.45, 2.75) is 51.1 Å². The summed E-state index contributed by atoms with van der Waals surface area (Å²) in [5.74, 6) is 1.17. The molecule has 2 aliphatic rings. The number of unbranched alkanes of at least 4 members (excludes halogenated alkanes) is 3. The number of ether oxygens (including phenoxy) is 2. The number of amides is 2. The lowest BCUT2D eigenvalue weighted by molar-refractivity contribution is -0.158. The molecule has 0 radical (unpaired) electrons. The minimum Gasteiger partial charge on any atom is -0.493 e. The second-order valence-electron chi connectivity index (χ2n) is 9.39. The normalized spacial score (nSPS) is 19.6. The van der Waals surface area contributed by atoms with Gasteiger partial charge in [0, 0.05) is 35.1 Å². The number of H-pyrrole nitrogens is 1. The van der Waals surface area contributed by atoms with Crippen molar-refractivity contribution in [2.75, 3.05) is 27.3 Å². The molecule has 3 aromatic rings. The number of aromatic amines is 1. The number of aromatic nitrogens is 1. The van der Waals surface area contributed by atoms with Crippen molar-refractivity contribution in [1.29, 1.82) is 0 Å². The predicted octanol–water partition coefficient (Wildman–Crippen LogP) is 4.45. The molecule has 0 saturated carbocycles. The second kappa shape index (κ2) is 9.64. The van der Waals surface area contributed by atoms with E-state index in [2.05, 4.69) is 18.0 Å². The minimum atomic E-state index is -0.546. The molecular formula is C28H33N3O4. The Hall–Kier alpha value is -3.48. The smallest absolute Gasteiger partial charge is 0.246 e. The van der Waals surface area contributed by atoms with Gasteiger partial charge in [-0.1, -0.05) is 56.5 Å². The van der Waals surface area contributed by atoms with Crippen molar-refractivity contribution < 1.29 is 19.1 Å². The van der Waals surface area contributed by atoms with Crippen molar-refractivity contribution in [2.24, 2.45) is 0 Å². The number of carbonyl (C=O) groups is 2. The first-order valence-electron chi connectivity index (χ1n) is 12.5. The van der Waals surface area contributed by atoms with Gasteiger partial charge in [-0.2, -0.15) is 0 Å². The number of carbonyl (C=O) groups excluding carboxylic acids is 2. The summed E-state index contributed by atoms with van der Waals surface area (Å²) in [5.41, 5.74) is 3.83. The van der Waals surface area contributed by atoms with Crippen LogP contribution in [0.3, 0.4) is 0 Å². The maximum Gasteiger partial charge on any atom is 0.246 e. The number of nitrogens with zero attached hydrogens (tertiary/aromatic N) is 2. The third kappa shape index (κ3) is 3.93. The lowest BCUT2D eigenvalue weighted by atomic mass is 9.85. The number of piperazine rings is 1. The van der Waals surface area contributed by atoms with Crippen LogP contribution in [-0.2, 0) is 16.0 Å². The summed E-state index contributed by atoms with van der Waals surface area (Å²) in [4.78, 5) is 34.5. The van der Waals surface area contributed by atoms with E-state index in [1.54, 1.807) is 24.0 Å². The number of fused-ring (bicyclic) bond motifs is 4. The zero-order valence-corrected chi connectivity index (χ0v) is 20.7. The molecule has 1 fully saturated rings. The highest BCUT2D eigenvalue weighted by Crippen LogP contribution is 2.46. The Balaban J connectivity index is 1.62. The summed E-state index contributed by atoms with van der Waals surface area (Å²) in [5, 5.41) is 1.09. The van der Waals surface area contributed by atoms with Crippen molar-refractivity contribution in [1.82, 2.24) is 14.8 Å². The molecule has 3 heterocycles. The molecule has 0 bridgehead atoms. The van der Waals surface area contributed by atoms with E-state index in [0.717, 1.165) is 53.4 Å². The Morgan fingerprint density at radius 1 is 1.00 bits per heavy atom. The van der Waals surface area contributed by atoms with E-state index in [0.29, 0.717) is 24.5 Å². The second-order valence-corrected chi connectivity index (χ2v) is 9.39. The van der Waals surface area contributed by atoms with E-state index in [4.69, 9.17) is 9.47 Å². The monoisotopic (exact) mass is 475 g/mol. The first kappa shape index (κ1) is 23.3. The molecule has 1 aromatic heterocycles. The number of nitrogens with one attached hydrogen (secondary N) is 1. The van der Waals surface area contributed by atoms with Crippen LogP contribution in [0.25, 0.3) is 10.9 Å². The van der Waals surface area contributed by atoms with E-state index >= 15 is 0 Å². The number of hydrogen-bond donors (Lipinski definition) is 1. The van der Waals surface area contributed by atoms with Crippen molar-refractivity contribution in [3.05, 3.63) is 59.3 Å². The number of rotatable bonds is 8. The van der Waals surface area contributed by atoms with Crippen molar-refractivity contribution in [3.8, 4) is 11.5 Å². The van der Waals surface area contributed by atoms with Gasteiger partial charge in [0.2, 0.25) is 11.8 Å². The highest BCUT2D eigenvalue weighted by Gasteiger charge is 2.48. The highest BCUT2D eigenvalue weighted by atomic mass is 16.5. The van der Waals surface area contributed by atoms with Gasteiger partial charge in [-0.05, 0) is 24.1 Å². The van der Waals surface area contributed by atoms with Crippen LogP contribution < -0.4 is 9.47 Å². The molecule has 35 heavy (non-hydrogen) atoms. The van der Waals surface area contributed by atoms with E-state index < -0.39 is 12.1 Å². The number of benzene rings is 2. The van der Waals surface area contributed by atoms with E-state index in [1.165, 1.54) is 0 Å². The molecule has 1 N–H and O–H groups in total. The zero-order valence-electron chi connectivity index (χ0n) is 20.7. The van der Waals surface area contributed by atoms with Gasteiger partial charge in [-0.25, -0.2) is 0 Å². The molecule has 0 spiro atoms. The Labute approximate surface area is 206 Å². The summed E-state index contributed by atoms with van der Waals surface area (Å²) in [6.45, 7) is 2.91. The van der Waals surface area contributed by atoms with Gasteiger partial charge in [0.1, 0.15) is 12.1 Å². The number of hydrogen-bond acceptors (Lipinski definition) is 4. The van der Waals surface area contributed by atoms with Crippen LogP contribution in [0.1, 0.15) is 55.5 Å². The molecule has 184 valence electrons. The average Bonchev–Trinajstić information content (AvgIpc) is 3.26. The quantitative estimate of drug-likeness (QED) is 0.489. The Kier molecular flexibility index (Phi) is 6.41. The van der Waals surface area contributed by atoms with Crippen LogP contribution in [0, 0.1) is 0 Å².